The third-order valence-electron chi connectivity index (χ3n) is 2.20. The summed E-state index contributed by atoms with van der Waals surface area (Å²) in [5, 5.41) is 8.17. The van der Waals surface area contributed by atoms with Crippen molar-refractivity contribution in [3.8, 4) is 0 Å². The van der Waals surface area contributed by atoms with Gasteiger partial charge in [0, 0.05) is 0 Å². The van der Waals surface area contributed by atoms with Crippen LogP contribution in [-0.2, 0) is 4.79 Å². The lowest BCUT2D eigenvalue weighted by atomic mass is 10.0. The van der Waals surface area contributed by atoms with Crippen LogP contribution in [0.3, 0.4) is 0 Å². The normalized spacial score (nSPS) is 18.8. The highest BCUT2D eigenvalue weighted by molar-refractivity contribution is 5.67. The fourth-order valence-electron chi connectivity index (χ4n) is 1.24. The molecule has 0 aromatic rings. The van der Waals surface area contributed by atoms with Crippen LogP contribution in [0, 0.1) is 0 Å². The number of carboxylic acids is 1. The maximum atomic E-state index is 13.0. The molecule has 0 heterocycles. The number of alkyl halides is 4. The van der Waals surface area contributed by atoms with Crippen LogP contribution in [0.25, 0.3) is 0 Å². The van der Waals surface area contributed by atoms with Gasteiger partial charge in [-0.05, 0) is 6.42 Å². The van der Waals surface area contributed by atoms with E-state index >= 15 is 0 Å². The molecular weight excluding hydrogens is 228 g/mol. The Hall–Kier alpha value is -0.810. The molecule has 4 unspecified atom stereocenters. The van der Waals surface area contributed by atoms with Gasteiger partial charge in [-0.3, -0.25) is 4.79 Å². The smallest absolute Gasteiger partial charge is 0.306 e. The van der Waals surface area contributed by atoms with Crippen LogP contribution in [0.5, 0.6) is 0 Å². The lowest BCUT2D eigenvalue weighted by molar-refractivity contribution is -0.139. The average molecular weight is 244 g/mol. The van der Waals surface area contributed by atoms with E-state index in [0.29, 0.717) is 12.8 Å². The van der Waals surface area contributed by atoms with E-state index in [0.717, 1.165) is 0 Å². The maximum absolute atomic E-state index is 13.0. The molecule has 6 heteroatoms. The Kier molecular flexibility index (Phi) is 7.08. The topological polar surface area (TPSA) is 37.3 Å². The largest absolute Gasteiger partial charge is 0.481 e. The number of hydrogen-bond donors (Lipinski definition) is 1. The number of halogens is 4. The molecule has 1 N–H and O–H groups in total. The van der Waals surface area contributed by atoms with Gasteiger partial charge in [0.25, 0.3) is 0 Å². The van der Waals surface area contributed by atoms with E-state index in [4.69, 9.17) is 5.11 Å². The second-order valence-electron chi connectivity index (χ2n) is 3.66. The quantitative estimate of drug-likeness (QED) is 0.666. The minimum absolute atomic E-state index is 0.183. The van der Waals surface area contributed by atoms with Crippen LogP contribution in [0.4, 0.5) is 17.6 Å². The second kappa shape index (κ2) is 7.46. The van der Waals surface area contributed by atoms with Crippen LogP contribution in [0.2, 0.25) is 0 Å². The Bertz CT molecular complexity index is 213. The van der Waals surface area contributed by atoms with Gasteiger partial charge in [-0.15, -0.1) is 0 Å². The molecule has 0 aromatic carbocycles. The van der Waals surface area contributed by atoms with Crippen LogP contribution in [0.15, 0.2) is 0 Å². The summed E-state index contributed by atoms with van der Waals surface area (Å²) in [7, 11) is 0. The summed E-state index contributed by atoms with van der Waals surface area (Å²) >= 11 is 0. The third-order valence-corrected chi connectivity index (χ3v) is 2.20. The van der Waals surface area contributed by atoms with E-state index in [-0.39, 0.29) is 6.42 Å². The first-order chi connectivity index (χ1) is 7.40. The molecule has 0 radical (unpaired) electrons. The Morgan fingerprint density at radius 2 is 1.62 bits per heavy atom. The molecule has 96 valence electrons. The van der Waals surface area contributed by atoms with Gasteiger partial charge in [-0.2, -0.15) is 0 Å². The molecular formula is C10H16F4O2. The molecule has 0 aliphatic heterocycles. The number of hydrogen-bond acceptors (Lipinski definition) is 1. The molecule has 0 spiro atoms. The van der Waals surface area contributed by atoms with E-state index in [1.165, 1.54) is 0 Å². The van der Waals surface area contributed by atoms with Gasteiger partial charge >= 0.3 is 5.97 Å². The predicted octanol–water partition coefficient (Wildman–Crippen LogP) is 3.00. The molecule has 0 aliphatic carbocycles. The zero-order valence-electron chi connectivity index (χ0n) is 9.01. The first-order valence-corrected chi connectivity index (χ1v) is 5.18. The fourth-order valence-corrected chi connectivity index (χ4v) is 1.24. The minimum atomic E-state index is -2.72. The first-order valence-electron chi connectivity index (χ1n) is 5.18. The van der Waals surface area contributed by atoms with Crippen LogP contribution < -0.4 is 0 Å². The van der Waals surface area contributed by atoms with Gasteiger partial charge in [0.2, 0.25) is 0 Å². The molecule has 4 atom stereocenters. The van der Waals surface area contributed by atoms with E-state index in [1.54, 1.807) is 6.92 Å². The van der Waals surface area contributed by atoms with Crippen LogP contribution >= 0.6 is 0 Å². The Morgan fingerprint density at radius 1 is 1.12 bits per heavy atom. The standard InChI is InChI=1S/C10H16F4O2/c1-2-3-4-6(11)9(13)10(14)7(12)5-8(15)16/h6-7,9-10H,2-5H2,1H3,(H,15,16). The van der Waals surface area contributed by atoms with Gasteiger partial charge in [-0.25, -0.2) is 17.6 Å². The zero-order chi connectivity index (χ0) is 12.7. The number of rotatable bonds is 8. The summed E-state index contributed by atoms with van der Waals surface area (Å²) in [5.74, 6) is -1.58. The average Bonchev–Trinajstić information content (AvgIpc) is 2.22. The molecule has 0 rings (SSSR count). The molecule has 0 amide bonds. The van der Waals surface area contributed by atoms with Crippen molar-refractivity contribution in [3.63, 3.8) is 0 Å². The summed E-state index contributed by atoms with van der Waals surface area (Å²) in [4.78, 5) is 10.1. The molecule has 0 saturated heterocycles. The van der Waals surface area contributed by atoms with E-state index in [2.05, 4.69) is 0 Å². The summed E-state index contributed by atoms with van der Waals surface area (Å²) in [6.45, 7) is 1.76. The SMILES string of the molecule is CCCCC(F)C(F)C(F)C(F)CC(=O)O. The summed E-state index contributed by atoms with van der Waals surface area (Å²) in [5.41, 5.74) is 0. The lowest BCUT2D eigenvalue weighted by Crippen LogP contribution is -2.36. The van der Waals surface area contributed by atoms with Crippen LogP contribution in [0.1, 0.15) is 32.6 Å². The second-order valence-corrected chi connectivity index (χ2v) is 3.66. The Labute approximate surface area is 91.6 Å². The van der Waals surface area contributed by atoms with Crippen molar-refractivity contribution in [2.24, 2.45) is 0 Å². The molecule has 0 aliphatic rings. The van der Waals surface area contributed by atoms with E-state index in [9.17, 15) is 22.4 Å². The number of unbranched alkanes of at least 4 members (excludes halogenated alkanes) is 1. The molecule has 16 heavy (non-hydrogen) atoms. The van der Waals surface area contributed by atoms with Crippen molar-refractivity contribution < 1.29 is 27.5 Å². The van der Waals surface area contributed by atoms with Crippen molar-refractivity contribution in [3.05, 3.63) is 0 Å². The molecule has 0 aromatic heterocycles. The van der Waals surface area contributed by atoms with Crippen molar-refractivity contribution in [2.45, 2.75) is 57.3 Å². The highest BCUT2D eigenvalue weighted by Gasteiger charge is 2.36. The highest BCUT2D eigenvalue weighted by atomic mass is 19.2. The summed E-state index contributed by atoms with van der Waals surface area (Å²) < 4.78 is 51.8. The maximum Gasteiger partial charge on any atom is 0.306 e. The molecule has 0 fully saturated rings. The first kappa shape index (κ1) is 15.2. The Balaban J connectivity index is 4.13. The molecule has 0 bridgehead atoms. The van der Waals surface area contributed by atoms with Crippen molar-refractivity contribution >= 4 is 5.97 Å². The summed E-state index contributed by atoms with van der Waals surface area (Å²) in [6.07, 6.45) is -10.2. The fraction of sp³-hybridized carbons (Fsp3) is 0.900. The zero-order valence-corrected chi connectivity index (χ0v) is 9.01. The van der Waals surface area contributed by atoms with Gasteiger partial charge < -0.3 is 5.11 Å². The Morgan fingerprint density at radius 3 is 2.06 bits per heavy atom. The predicted molar refractivity (Wildman–Crippen MR) is 51.4 cm³/mol. The van der Waals surface area contributed by atoms with Crippen molar-refractivity contribution in [1.29, 1.82) is 0 Å². The third kappa shape index (κ3) is 5.32. The van der Waals surface area contributed by atoms with Gasteiger partial charge in [-0.1, -0.05) is 19.8 Å². The summed E-state index contributed by atoms with van der Waals surface area (Å²) in [6, 6.07) is 0. The van der Waals surface area contributed by atoms with Gasteiger partial charge in [0.05, 0.1) is 6.42 Å². The van der Waals surface area contributed by atoms with Crippen LogP contribution in [-0.4, -0.2) is 35.8 Å². The van der Waals surface area contributed by atoms with Gasteiger partial charge in [0.1, 0.15) is 12.3 Å². The van der Waals surface area contributed by atoms with Gasteiger partial charge in [0.15, 0.2) is 12.3 Å². The molecule has 0 saturated carbocycles. The van der Waals surface area contributed by atoms with Crippen molar-refractivity contribution in [1.82, 2.24) is 0 Å². The molecule has 2 nitrogen and oxygen atoms in total. The van der Waals surface area contributed by atoms with Crippen molar-refractivity contribution in [2.75, 3.05) is 0 Å². The monoisotopic (exact) mass is 244 g/mol. The van der Waals surface area contributed by atoms with E-state index in [1.807, 2.05) is 0 Å². The number of carboxylic acid groups (broad SMARTS) is 1. The lowest BCUT2D eigenvalue weighted by Gasteiger charge is -2.19. The van der Waals surface area contributed by atoms with E-state index < -0.39 is 37.1 Å². The number of carbonyl (C=O) groups is 1. The minimum Gasteiger partial charge on any atom is -0.481 e. The number of aliphatic carboxylic acids is 1. The highest BCUT2D eigenvalue weighted by Crippen LogP contribution is 2.22.